The minimum Gasteiger partial charge on any atom is -0.495 e. The van der Waals surface area contributed by atoms with Crippen LogP contribution < -0.4 is 10.1 Å². The summed E-state index contributed by atoms with van der Waals surface area (Å²) in [6, 6.07) is 3.30. The first-order valence-electron chi connectivity index (χ1n) is 5.25. The smallest absolute Gasteiger partial charge is 0.338 e. The van der Waals surface area contributed by atoms with Crippen molar-refractivity contribution in [3.05, 3.63) is 23.3 Å². The molecule has 17 heavy (non-hydrogen) atoms. The second kappa shape index (κ2) is 4.45. The molecule has 0 spiro atoms. The highest BCUT2D eigenvalue weighted by Crippen LogP contribution is 2.35. The summed E-state index contributed by atoms with van der Waals surface area (Å²) >= 11 is 0. The molecule has 1 aromatic rings. The molecule has 1 amide bonds. The van der Waals surface area contributed by atoms with Crippen molar-refractivity contribution in [3.63, 3.8) is 0 Å². The summed E-state index contributed by atoms with van der Waals surface area (Å²) in [6.07, 6.45) is 0.882. The van der Waals surface area contributed by atoms with Crippen molar-refractivity contribution < 1.29 is 19.1 Å². The Morgan fingerprint density at radius 1 is 1.29 bits per heavy atom. The van der Waals surface area contributed by atoms with Gasteiger partial charge in [-0.3, -0.25) is 4.79 Å². The number of carbonyl (C=O) groups excluding carboxylic acids is 2. The lowest BCUT2D eigenvalue weighted by atomic mass is 9.96. The van der Waals surface area contributed by atoms with Gasteiger partial charge in [0.1, 0.15) is 5.75 Å². The molecule has 0 fully saturated rings. The number of esters is 1. The molecular formula is C12H13NO4. The fourth-order valence-corrected chi connectivity index (χ4v) is 1.93. The van der Waals surface area contributed by atoms with Crippen LogP contribution >= 0.6 is 0 Å². The fourth-order valence-electron chi connectivity index (χ4n) is 1.93. The Bertz CT molecular complexity index is 482. The van der Waals surface area contributed by atoms with Crippen molar-refractivity contribution in [2.45, 2.75) is 12.8 Å². The zero-order chi connectivity index (χ0) is 12.4. The quantitative estimate of drug-likeness (QED) is 0.786. The Balaban J connectivity index is 2.55. The molecule has 1 aliphatic heterocycles. The number of fused-ring (bicyclic) bond motifs is 1. The number of hydrogen-bond donors (Lipinski definition) is 1. The molecule has 0 bridgehead atoms. The molecule has 1 aliphatic rings. The van der Waals surface area contributed by atoms with E-state index in [1.54, 1.807) is 12.1 Å². The molecule has 1 aromatic carbocycles. The molecule has 0 radical (unpaired) electrons. The van der Waals surface area contributed by atoms with Gasteiger partial charge in [0.2, 0.25) is 5.91 Å². The molecule has 2 rings (SSSR count). The Hall–Kier alpha value is -2.04. The summed E-state index contributed by atoms with van der Waals surface area (Å²) in [5, 5.41) is 2.73. The van der Waals surface area contributed by atoms with E-state index in [4.69, 9.17) is 9.47 Å². The van der Waals surface area contributed by atoms with Crippen molar-refractivity contribution in [2.24, 2.45) is 0 Å². The van der Waals surface area contributed by atoms with Crippen molar-refractivity contribution in [1.82, 2.24) is 0 Å². The van der Waals surface area contributed by atoms with E-state index in [-0.39, 0.29) is 5.91 Å². The third-order valence-corrected chi connectivity index (χ3v) is 2.77. The summed E-state index contributed by atoms with van der Waals surface area (Å²) in [4.78, 5) is 23.0. The Morgan fingerprint density at radius 3 is 2.71 bits per heavy atom. The van der Waals surface area contributed by atoms with Crippen LogP contribution in [0.3, 0.4) is 0 Å². The van der Waals surface area contributed by atoms with E-state index in [1.165, 1.54) is 14.2 Å². The van der Waals surface area contributed by atoms with Gasteiger partial charge >= 0.3 is 5.97 Å². The number of ether oxygens (including phenoxy) is 2. The van der Waals surface area contributed by atoms with E-state index in [2.05, 4.69) is 5.32 Å². The second-order valence-electron chi connectivity index (χ2n) is 3.71. The number of amides is 1. The average Bonchev–Trinajstić information content (AvgIpc) is 2.36. The first-order valence-corrected chi connectivity index (χ1v) is 5.25. The number of hydrogen-bond acceptors (Lipinski definition) is 4. The normalized spacial score (nSPS) is 13.6. The van der Waals surface area contributed by atoms with Crippen LogP contribution in [0.15, 0.2) is 12.1 Å². The zero-order valence-corrected chi connectivity index (χ0v) is 9.70. The Labute approximate surface area is 98.7 Å². The van der Waals surface area contributed by atoms with Crippen LogP contribution in [0.2, 0.25) is 0 Å². The third kappa shape index (κ3) is 1.95. The Kier molecular flexibility index (Phi) is 2.99. The number of rotatable bonds is 2. The van der Waals surface area contributed by atoms with Crippen LogP contribution in [-0.2, 0) is 16.0 Å². The summed E-state index contributed by atoms with van der Waals surface area (Å²) in [7, 11) is 2.86. The number of carbonyl (C=O) groups is 2. The molecule has 1 heterocycles. The lowest BCUT2D eigenvalue weighted by molar-refractivity contribution is -0.116. The molecule has 5 heteroatoms. The molecular weight excluding hydrogens is 222 g/mol. The van der Waals surface area contributed by atoms with Crippen molar-refractivity contribution in [1.29, 1.82) is 0 Å². The molecule has 5 nitrogen and oxygen atoms in total. The summed E-state index contributed by atoms with van der Waals surface area (Å²) in [6.45, 7) is 0. The van der Waals surface area contributed by atoms with E-state index >= 15 is 0 Å². The van der Waals surface area contributed by atoms with Crippen LogP contribution in [0.1, 0.15) is 22.3 Å². The van der Waals surface area contributed by atoms with Gasteiger partial charge in [0.25, 0.3) is 0 Å². The molecule has 1 N–H and O–H groups in total. The van der Waals surface area contributed by atoms with Crippen molar-refractivity contribution >= 4 is 17.6 Å². The van der Waals surface area contributed by atoms with Crippen LogP contribution in [0.4, 0.5) is 5.69 Å². The van der Waals surface area contributed by atoms with Crippen LogP contribution in [0.5, 0.6) is 5.75 Å². The van der Waals surface area contributed by atoms with Gasteiger partial charge in [-0.25, -0.2) is 4.79 Å². The molecule has 0 saturated heterocycles. The van der Waals surface area contributed by atoms with Gasteiger partial charge in [-0.05, 0) is 24.1 Å². The van der Waals surface area contributed by atoms with E-state index in [9.17, 15) is 9.59 Å². The number of anilines is 1. The topological polar surface area (TPSA) is 64.6 Å². The maximum Gasteiger partial charge on any atom is 0.338 e. The van der Waals surface area contributed by atoms with E-state index in [1.807, 2.05) is 0 Å². The SMILES string of the molecule is COC(=O)c1ccc(OC)c2c1CCC(=O)N2. The highest BCUT2D eigenvalue weighted by atomic mass is 16.5. The predicted octanol–water partition coefficient (Wildman–Crippen LogP) is 1.37. The van der Waals surface area contributed by atoms with Gasteiger partial charge in [-0.2, -0.15) is 0 Å². The number of methoxy groups -OCH3 is 2. The van der Waals surface area contributed by atoms with Gasteiger partial charge in [0.05, 0.1) is 25.5 Å². The van der Waals surface area contributed by atoms with Crippen LogP contribution in [0.25, 0.3) is 0 Å². The summed E-state index contributed by atoms with van der Waals surface area (Å²) in [5.41, 5.74) is 1.82. The van der Waals surface area contributed by atoms with Gasteiger partial charge in [0.15, 0.2) is 0 Å². The highest BCUT2D eigenvalue weighted by Gasteiger charge is 2.24. The Morgan fingerprint density at radius 2 is 2.06 bits per heavy atom. The fraction of sp³-hybridized carbons (Fsp3) is 0.333. The van der Waals surface area contributed by atoms with E-state index in [0.717, 1.165) is 5.56 Å². The molecule has 0 atom stereocenters. The standard InChI is InChI=1S/C12H13NO4/c1-16-9-5-3-8(12(15)17-2)7-4-6-10(14)13-11(7)9/h3,5H,4,6H2,1-2H3,(H,13,14). The minimum absolute atomic E-state index is 0.0715. The maximum atomic E-state index is 11.6. The lowest BCUT2D eigenvalue weighted by Gasteiger charge is -2.21. The molecule has 0 saturated carbocycles. The highest BCUT2D eigenvalue weighted by molar-refractivity contribution is 6.00. The number of benzene rings is 1. The van der Waals surface area contributed by atoms with Gasteiger partial charge in [-0.1, -0.05) is 0 Å². The van der Waals surface area contributed by atoms with Gasteiger partial charge in [-0.15, -0.1) is 0 Å². The monoisotopic (exact) mass is 235 g/mol. The first-order chi connectivity index (χ1) is 8.17. The number of nitrogens with one attached hydrogen (secondary N) is 1. The largest absolute Gasteiger partial charge is 0.495 e. The minimum atomic E-state index is -0.403. The third-order valence-electron chi connectivity index (χ3n) is 2.77. The van der Waals surface area contributed by atoms with E-state index < -0.39 is 5.97 Å². The van der Waals surface area contributed by atoms with Crippen LogP contribution in [-0.4, -0.2) is 26.1 Å². The van der Waals surface area contributed by atoms with Gasteiger partial charge < -0.3 is 14.8 Å². The second-order valence-corrected chi connectivity index (χ2v) is 3.71. The van der Waals surface area contributed by atoms with Crippen LogP contribution in [0, 0.1) is 0 Å². The van der Waals surface area contributed by atoms with Crippen molar-refractivity contribution in [2.75, 3.05) is 19.5 Å². The van der Waals surface area contributed by atoms with Crippen molar-refractivity contribution in [3.8, 4) is 5.75 Å². The molecule has 90 valence electrons. The summed E-state index contributed by atoms with van der Waals surface area (Å²) < 4.78 is 9.87. The molecule has 0 aromatic heterocycles. The first kappa shape index (κ1) is 11.4. The zero-order valence-electron chi connectivity index (χ0n) is 9.70. The maximum absolute atomic E-state index is 11.6. The summed E-state index contributed by atoms with van der Waals surface area (Å²) in [5.74, 6) is 0.0820. The molecule has 0 unspecified atom stereocenters. The van der Waals surface area contributed by atoms with Gasteiger partial charge in [0, 0.05) is 6.42 Å². The lowest BCUT2D eigenvalue weighted by Crippen LogP contribution is -2.22. The van der Waals surface area contributed by atoms with E-state index in [0.29, 0.717) is 29.8 Å². The average molecular weight is 235 g/mol. The predicted molar refractivity (Wildman–Crippen MR) is 61.3 cm³/mol. The molecule has 0 aliphatic carbocycles.